The van der Waals surface area contributed by atoms with Gasteiger partial charge in [-0.15, -0.1) is 0 Å². The minimum absolute atomic E-state index is 0.0132. The van der Waals surface area contributed by atoms with E-state index in [2.05, 4.69) is 25.6 Å². The molecule has 27 heavy (non-hydrogen) atoms. The molecule has 1 saturated carbocycles. The van der Waals surface area contributed by atoms with Gasteiger partial charge in [-0.1, -0.05) is 12.8 Å². The molecule has 2 aromatic heterocycles. The van der Waals surface area contributed by atoms with Gasteiger partial charge in [-0.25, -0.2) is 19.3 Å². The number of primary amides is 1. The van der Waals surface area contributed by atoms with Gasteiger partial charge in [0.15, 0.2) is 11.6 Å². The minimum Gasteiger partial charge on any atom is -0.467 e. The molecule has 1 amide bonds. The summed E-state index contributed by atoms with van der Waals surface area (Å²) >= 11 is 0. The van der Waals surface area contributed by atoms with Gasteiger partial charge in [0.25, 0.3) is 5.91 Å². The monoisotopic (exact) mass is 375 g/mol. The number of halogens is 1. The molecule has 10 heteroatoms. The van der Waals surface area contributed by atoms with Gasteiger partial charge in [0.05, 0.1) is 30.8 Å². The molecule has 1 fully saturated rings. The highest BCUT2D eigenvalue weighted by Gasteiger charge is 2.24. The average Bonchev–Trinajstić information content (AvgIpc) is 2.66. The Bertz CT molecular complexity index is 816. The topological polar surface area (TPSA) is 141 Å². The molecule has 0 unspecified atom stereocenters. The number of rotatable bonds is 6. The summed E-state index contributed by atoms with van der Waals surface area (Å²) in [4.78, 5) is 23.9. The lowest BCUT2D eigenvalue weighted by molar-refractivity contribution is 0.100. The largest absolute Gasteiger partial charge is 0.467 e. The quantitative estimate of drug-likeness (QED) is 0.596. The van der Waals surface area contributed by atoms with E-state index in [0.717, 1.165) is 31.7 Å². The molecule has 3 rings (SSSR count). The fraction of sp³-hybridized carbons (Fsp3) is 0.412. The Morgan fingerprint density at radius 3 is 2.59 bits per heavy atom. The van der Waals surface area contributed by atoms with Crippen LogP contribution in [0.1, 0.15) is 36.0 Å². The van der Waals surface area contributed by atoms with Crippen molar-refractivity contribution in [2.45, 2.75) is 37.8 Å². The van der Waals surface area contributed by atoms with Gasteiger partial charge in [0, 0.05) is 12.1 Å². The SMILES string of the molecule is COc1ncc(Nc2nc(N[C@@H]3CCCC[C@@H]3N)c(F)cc2C(N)=O)cn1. The van der Waals surface area contributed by atoms with Gasteiger partial charge in [-0.05, 0) is 18.9 Å². The molecular formula is C17H22FN7O2. The highest BCUT2D eigenvalue weighted by atomic mass is 19.1. The van der Waals surface area contributed by atoms with Crippen LogP contribution in [0.15, 0.2) is 18.5 Å². The number of ether oxygens (including phenoxy) is 1. The normalized spacial score (nSPS) is 19.4. The smallest absolute Gasteiger partial charge is 0.316 e. The second-order valence-electron chi connectivity index (χ2n) is 6.36. The van der Waals surface area contributed by atoms with E-state index in [1.165, 1.54) is 19.5 Å². The van der Waals surface area contributed by atoms with Gasteiger partial charge in [-0.3, -0.25) is 4.79 Å². The molecule has 0 aromatic carbocycles. The number of nitrogens with zero attached hydrogens (tertiary/aromatic N) is 3. The number of amides is 1. The fourth-order valence-electron chi connectivity index (χ4n) is 3.01. The van der Waals surface area contributed by atoms with Crippen LogP contribution < -0.4 is 26.8 Å². The molecule has 6 N–H and O–H groups in total. The molecule has 1 aliphatic rings. The molecule has 9 nitrogen and oxygen atoms in total. The Morgan fingerprint density at radius 2 is 1.96 bits per heavy atom. The average molecular weight is 375 g/mol. The number of hydrogen-bond acceptors (Lipinski definition) is 8. The summed E-state index contributed by atoms with van der Waals surface area (Å²) in [6.45, 7) is 0. The fourth-order valence-corrected chi connectivity index (χ4v) is 3.01. The molecule has 2 aromatic rings. The number of hydrogen-bond donors (Lipinski definition) is 4. The van der Waals surface area contributed by atoms with E-state index in [1.807, 2.05) is 0 Å². The van der Waals surface area contributed by atoms with Crippen LogP contribution in [0.25, 0.3) is 0 Å². The number of aromatic nitrogens is 3. The maximum Gasteiger partial charge on any atom is 0.316 e. The van der Waals surface area contributed by atoms with E-state index >= 15 is 0 Å². The lowest BCUT2D eigenvalue weighted by Crippen LogP contribution is -2.43. The first-order chi connectivity index (χ1) is 13.0. The van der Waals surface area contributed by atoms with Crippen LogP contribution in [0.5, 0.6) is 6.01 Å². The number of carbonyl (C=O) groups excluding carboxylic acids is 1. The summed E-state index contributed by atoms with van der Waals surface area (Å²) < 4.78 is 19.4. The number of pyridine rings is 1. The summed E-state index contributed by atoms with van der Waals surface area (Å²) in [5, 5.41) is 5.95. The molecular weight excluding hydrogens is 353 g/mol. The maximum absolute atomic E-state index is 14.5. The third kappa shape index (κ3) is 4.40. The Hall–Kier alpha value is -3.01. The standard InChI is InChI=1S/C17H22FN7O2/c1-27-17-21-7-9(8-22-17)23-15-10(14(20)26)6-11(18)16(25-15)24-13-5-3-2-4-12(13)19/h6-8,12-13H,2-5,19H2,1H3,(H2,20,26)(H2,23,24,25)/t12-,13+/m0/s1. The molecule has 0 bridgehead atoms. The van der Waals surface area contributed by atoms with Crippen molar-refractivity contribution in [3.8, 4) is 6.01 Å². The van der Waals surface area contributed by atoms with Gasteiger partial charge in [0.2, 0.25) is 0 Å². The lowest BCUT2D eigenvalue weighted by atomic mass is 9.91. The van der Waals surface area contributed by atoms with Crippen molar-refractivity contribution in [1.29, 1.82) is 0 Å². The first-order valence-electron chi connectivity index (χ1n) is 8.63. The zero-order valence-corrected chi connectivity index (χ0v) is 14.9. The summed E-state index contributed by atoms with van der Waals surface area (Å²) in [7, 11) is 1.45. The van der Waals surface area contributed by atoms with Crippen molar-refractivity contribution in [1.82, 2.24) is 15.0 Å². The van der Waals surface area contributed by atoms with Crippen LogP contribution in [0, 0.1) is 5.82 Å². The predicted molar refractivity (Wildman–Crippen MR) is 98.4 cm³/mol. The molecule has 1 aliphatic carbocycles. The minimum atomic E-state index is -0.806. The Morgan fingerprint density at radius 1 is 1.26 bits per heavy atom. The van der Waals surface area contributed by atoms with Crippen LogP contribution >= 0.6 is 0 Å². The summed E-state index contributed by atoms with van der Waals surface area (Å²) in [5.41, 5.74) is 11.8. The van der Waals surface area contributed by atoms with E-state index in [1.54, 1.807) is 0 Å². The highest BCUT2D eigenvalue weighted by Crippen LogP contribution is 2.26. The molecule has 0 spiro atoms. The van der Waals surface area contributed by atoms with Crippen molar-refractivity contribution in [3.63, 3.8) is 0 Å². The zero-order chi connectivity index (χ0) is 19.4. The van der Waals surface area contributed by atoms with Gasteiger partial charge < -0.3 is 26.8 Å². The van der Waals surface area contributed by atoms with Crippen LogP contribution in [0.2, 0.25) is 0 Å². The number of anilines is 3. The molecule has 2 heterocycles. The van der Waals surface area contributed by atoms with Crippen LogP contribution in [0.3, 0.4) is 0 Å². The Labute approximate surface area is 155 Å². The number of carbonyl (C=O) groups is 1. The van der Waals surface area contributed by atoms with Gasteiger partial charge >= 0.3 is 6.01 Å². The Balaban J connectivity index is 1.89. The summed E-state index contributed by atoms with van der Waals surface area (Å²) in [5.74, 6) is -1.36. The number of nitrogens with one attached hydrogen (secondary N) is 2. The van der Waals surface area contributed by atoms with Crippen molar-refractivity contribution < 1.29 is 13.9 Å². The summed E-state index contributed by atoms with van der Waals surface area (Å²) in [6.07, 6.45) is 6.67. The van der Waals surface area contributed by atoms with Crippen LogP contribution in [-0.2, 0) is 0 Å². The van der Waals surface area contributed by atoms with Crippen LogP contribution in [-0.4, -0.2) is 40.1 Å². The number of nitrogens with two attached hydrogens (primary N) is 2. The van der Waals surface area contributed by atoms with Crippen molar-refractivity contribution in [2.75, 3.05) is 17.7 Å². The second-order valence-corrected chi connectivity index (χ2v) is 6.36. The van der Waals surface area contributed by atoms with E-state index in [-0.39, 0.29) is 35.3 Å². The van der Waals surface area contributed by atoms with Crippen molar-refractivity contribution in [3.05, 3.63) is 29.8 Å². The third-order valence-electron chi connectivity index (χ3n) is 4.46. The van der Waals surface area contributed by atoms with Gasteiger partial charge in [0.1, 0.15) is 5.82 Å². The van der Waals surface area contributed by atoms with Crippen molar-refractivity contribution in [2.24, 2.45) is 11.5 Å². The van der Waals surface area contributed by atoms with E-state index < -0.39 is 11.7 Å². The number of methoxy groups -OCH3 is 1. The first-order valence-corrected chi connectivity index (χ1v) is 8.63. The van der Waals surface area contributed by atoms with Gasteiger partial charge in [-0.2, -0.15) is 0 Å². The first kappa shape index (κ1) is 18.8. The molecule has 2 atom stereocenters. The Kier molecular flexibility index (Phi) is 5.65. The molecule has 0 saturated heterocycles. The third-order valence-corrected chi connectivity index (χ3v) is 4.46. The zero-order valence-electron chi connectivity index (χ0n) is 14.9. The van der Waals surface area contributed by atoms with E-state index in [4.69, 9.17) is 16.2 Å². The van der Waals surface area contributed by atoms with E-state index in [0.29, 0.717) is 5.69 Å². The highest BCUT2D eigenvalue weighted by molar-refractivity contribution is 5.98. The molecule has 144 valence electrons. The summed E-state index contributed by atoms with van der Waals surface area (Å²) in [6, 6.07) is 1.08. The maximum atomic E-state index is 14.5. The molecule has 0 aliphatic heterocycles. The van der Waals surface area contributed by atoms with Crippen molar-refractivity contribution >= 4 is 23.2 Å². The van der Waals surface area contributed by atoms with Crippen LogP contribution in [0.4, 0.5) is 21.7 Å². The predicted octanol–water partition coefficient (Wildman–Crippen LogP) is 1.54. The molecule has 0 radical (unpaired) electrons. The lowest BCUT2D eigenvalue weighted by Gasteiger charge is -2.30. The van der Waals surface area contributed by atoms with E-state index in [9.17, 15) is 9.18 Å². The second kappa shape index (κ2) is 8.12.